The lowest BCUT2D eigenvalue weighted by atomic mass is 10.0. The van der Waals surface area contributed by atoms with Crippen LogP contribution < -0.4 is 5.32 Å². The van der Waals surface area contributed by atoms with Gasteiger partial charge in [0.1, 0.15) is 5.01 Å². The van der Waals surface area contributed by atoms with Gasteiger partial charge in [0.15, 0.2) is 4.96 Å². The number of amides is 1. The van der Waals surface area contributed by atoms with Gasteiger partial charge < -0.3 is 5.32 Å². The van der Waals surface area contributed by atoms with Crippen LogP contribution in [-0.2, 0) is 24.1 Å². The summed E-state index contributed by atoms with van der Waals surface area (Å²) in [7, 11) is 0. The summed E-state index contributed by atoms with van der Waals surface area (Å²) in [5.74, 6) is -0.00331. The Morgan fingerprint density at radius 3 is 3.09 bits per heavy atom. The van der Waals surface area contributed by atoms with Crippen LogP contribution >= 0.6 is 22.7 Å². The van der Waals surface area contributed by atoms with Crippen LogP contribution in [0.2, 0.25) is 0 Å². The van der Waals surface area contributed by atoms with Crippen LogP contribution in [-0.4, -0.2) is 20.3 Å². The molecule has 0 aromatic carbocycles. The van der Waals surface area contributed by atoms with Crippen LogP contribution in [0.25, 0.3) is 4.96 Å². The molecule has 0 bridgehead atoms. The van der Waals surface area contributed by atoms with Crippen molar-refractivity contribution in [2.45, 2.75) is 45.1 Å². The Bertz CT molecular complexity index is 795. The van der Waals surface area contributed by atoms with Gasteiger partial charge in [-0.3, -0.25) is 9.20 Å². The fourth-order valence-corrected chi connectivity index (χ4v) is 4.81. The minimum atomic E-state index is -0.0400. The average molecular weight is 346 g/mol. The zero-order chi connectivity index (χ0) is 15.8. The molecule has 1 aliphatic carbocycles. The number of rotatable bonds is 4. The lowest BCUT2D eigenvalue weighted by molar-refractivity contribution is -0.121. The Morgan fingerprint density at radius 2 is 2.26 bits per heavy atom. The van der Waals surface area contributed by atoms with Crippen molar-refractivity contribution >= 4 is 33.5 Å². The minimum Gasteiger partial charge on any atom is -0.347 e. The second-order valence-electron chi connectivity index (χ2n) is 5.92. The quantitative estimate of drug-likeness (QED) is 0.789. The molecule has 120 valence electrons. The van der Waals surface area contributed by atoms with Crippen molar-refractivity contribution in [2.24, 2.45) is 0 Å². The van der Waals surface area contributed by atoms with Crippen molar-refractivity contribution in [3.63, 3.8) is 0 Å². The molecule has 0 radical (unpaired) electrons. The van der Waals surface area contributed by atoms with E-state index < -0.39 is 0 Å². The van der Waals surface area contributed by atoms with Crippen molar-refractivity contribution in [2.75, 3.05) is 0 Å². The number of hydrogen-bond donors (Lipinski definition) is 1. The Labute approximate surface area is 142 Å². The number of aryl methyl sites for hydroxylation is 2. The van der Waals surface area contributed by atoms with Gasteiger partial charge in [-0.25, -0.2) is 9.97 Å². The fraction of sp³-hybridized carbons (Fsp3) is 0.438. The molecule has 23 heavy (non-hydrogen) atoms. The average Bonchev–Trinajstić information content (AvgIpc) is 3.19. The molecule has 0 spiro atoms. The van der Waals surface area contributed by atoms with Crippen molar-refractivity contribution < 1.29 is 4.79 Å². The number of hydrogen-bond acceptors (Lipinski definition) is 5. The van der Waals surface area contributed by atoms with E-state index in [1.165, 1.54) is 23.4 Å². The van der Waals surface area contributed by atoms with Crippen molar-refractivity contribution in [1.82, 2.24) is 19.7 Å². The van der Waals surface area contributed by atoms with E-state index in [-0.39, 0.29) is 11.9 Å². The van der Waals surface area contributed by atoms with Crippen LogP contribution in [0.15, 0.2) is 17.8 Å². The van der Waals surface area contributed by atoms with Crippen LogP contribution in [0.4, 0.5) is 0 Å². The fourth-order valence-electron chi connectivity index (χ4n) is 2.94. The lowest BCUT2D eigenvalue weighted by Gasteiger charge is -2.10. The second-order valence-corrected chi connectivity index (χ2v) is 7.91. The number of carbonyl (C=O) groups is 1. The first kappa shape index (κ1) is 14.8. The summed E-state index contributed by atoms with van der Waals surface area (Å²) in [6, 6.07) is -0.0400. The highest BCUT2D eigenvalue weighted by Gasteiger charge is 2.20. The molecule has 4 rings (SSSR count). The molecule has 3 aromatic rings. The van der Waals surface area contributed by atoms with Gasteiger partial charge in [-0.1, -0.05) is 0 Å². The topological polar surface area (TPSA) is 59.3 Å². The molecule has 1 N–H and O–H groups in total. The number of nitrogens with one attached hydrogen (secondary N) is 1. The molecular weight excluding hydrogens is 328 g/mol. The highest BCUT2D eigenvalue weighted by molar-refractivity contribution is 7.15. The standard InChI is InChI=1S/C16H18N4OS2/c1-10(15-19-12-4-2-3-5-13(12)23-15)17-14(21)8-11-9-20-6-7-22-16(20)18-11/h6-7,9-10H,2-5,8H2,1H3,(H,17,21)/t10-/m1/s1. The van der Waals surface area contributed by atoms with Crippen LogP contribution in [0.1, 0.15) is 47.1 Å². The zero-order valence-corrected chi connectivity index (χ0v) is 14.5. The largest absolute Gasteiger partial charge is 0.347 e. The summed E-state index contributed by atoms with van der Waals surface area (Å²) in [5, 5.41) is 6.06. The van der Waals surface area contributed by atoms with Gasteiger partial charge in [-0.2, -0.15) is 0 Å². The molecule has 1 aliphatic rings. The normalized spacial score (nSPS) is 15.5. The van der Waals surface area contributed by atoms with E-state index in [2.05, 4.69) is 10.3 Å². The third-order valence-electron chi connectivity index (χ3n) is 4.09. The van der Waals surface area contributed by atoms with E-state index in [0.29, 0.717) is 6.42 Å². The van der Waals surface area contributed by atoms with Crippen LogP contribution in [0.3, 0.4) is 0 Å². The third-order valence-corrected chi connectivity index (χ3v) is 6.21. The van der Waals surface area contributed by atoms with Crippen LogP contribution in [0.5, 0.6) is 0 Å². The molecule has 3 heterocycles. The highest BCUT2D eigenvalue weighted by Crippen LogP contribution is 2.29. The van der Waals surface area contributed by atoms with Gasteiger partial charge in [0, 0.05) is 22.7 Å². The zero-order valence-electron chi connectivity index (χ0n) is 12.9. The molecule has 0 fully saturated rings. The molecule has 1 atom stereocenters. The molecule has 0 saturated heterocycles. The van der Waals surface area contributed by atoms with E-state index in [1.54, 1.807) is 22.7 Å². The van der Waals surface area contributed by atoms with Gasteiger partial charge in [0.25, 0.3) is 0 Å². The summed E-state index contributed by atoms with van der Waals surface area (Å²) < 4.78 is 1.95. The summed E-state index contributed by atoms with van der Waals surface area (Å²) in [6.07, 6.45) is 8.89. The first-order valence-corrected chi connectivity index (χ1v) is 9.57. The number of nitrogens with zero attached hydrogens (tertiary/aromatic N) is 3. The highest BCUT2D eigenvalue weighted by atomic mass is 32.1. The summed E-state index contributed by atoms with van der Waals surface area (Å²) in [6.45, 7) is 2.01. The molecule has 7 heteroatoms. The van der Waals surface area contributed by atoms with Gasteiger partial charge in [-0.15, -0.1) is 22.7 Å². The lowest BCUT2D eigenvalue weighted by Crippen LogP contribution is -2.28. The van der Waals surface area contributed by atoms with Crippen molar-refractivity contribution in [3.8, 4) is 0 Å². The molecule has 0 unspecified atom stereocenters. The third kappa shape index (κ3) is 3.03. The van der Waals surface area contributed by atoms with E-state index in [1.807, 2.05) is 29.1 Å². The molecular formula is C16H18N4OS2. The van der Waals surface area contributed by atoms with Crippen molar-refractivity contribution in [3.05, 3.63) is 39.0 Å². The number of thiazole rings is 2. The number of imidazole rings is 1. The second kappa shape index (κ2) is 6.05. The van der Waals surface area contributed by atoms with Gasteiger partial charge >= 0.3 is 0 Å². The van der Waals surface area contributed by atoms with E-state index >= 15 is 0 Å². The smallest absolute Gasteiger partial charge is 0.226 e. The molecule has 5 nitrogen and oxygen atoms in total. The molecule has 0 aliphatic heterocycles. The van der Waals surface area contributed by atoms with E-state index in [4.69, 9.17) is 4.98 Å². The Hall–Kier alpha value is -1.73. The Kier molecular flexibility index (Phi) is 3.90. The van der Waals surface area contributed by atoms with E-state index in [0.717, 1.165) is 28.5 Å². The predicted molar refractivity (Wildman–Crippen MR) is 92.1 cm³/mol. The molecule has 0 saturated carbocycles. The number of aromatic nitrogens is 3. The molecule has 1 amide bonds. The van der Waals surface area contributed by atoms with Crippen LogP contribution in [0, 0.1) is 0 Å². The van der Waals surface area contributed by atoms with E-state index in [9.17, 15) is 4.79 Å². The number of carbonyl (C=O) groups excluding carboxylic acids is 1. The SMILES string of the molecule is C[C@@H](NC(=O)Cc1cn2ccsc2n1)c1nc2c(s1)CCCC2. The Morgan fingerprint density at radius 1 is 1.39 bits per heavy atom. The summed E-state index contributed by atoms with van der Waals surface area (Å²) >= 11 is 3.33. The first-order valence-electron chi connectivity index (χ1n) is 7.88. The van der Waals surface area contributed by atoms with Gasteiger partial charge in [0.2, 0.25) is 5.91 Å². The summed E-state index contributed by atoms with van der Waals surface area (Å²) in [5.41, 5.74) is 2.05. The molecule has 3 aromatic heterocycles. The summed E-state index contributed by atoms with van der Waals surface area (Å²) in [4.78, 5) is 23.8. The minimum absolute atomic E-state index is 0.00331. The van der Waals surface area contributed by atoms with Gasteiger partial charge in [0.05, 0.1) is 23.9 Å². The number of fused-ring (bicyclic) bond motifs is 2. The monoisotopic (exact) mass is 346 g/mol. The maximum atomic E-state index is 12.3. The maximum Gasteiger partial charge on any atom is 0.226 e. The van der Waals surface area contributed by atoms with Gasteiger partial charge in [-0.05, 0) is 32.6 Å². The predicted octanol–water partition coefficient (Wildman–Crippen LogP) is 3.15. The van der Waals surface area contributed by atoms with Crippen molar-refractivity contribution in [1.29, 1.82) is 0 Å². The maximum absolute atomic E-state index is 12.3. The first-order chi connectivity index (χ1) is 11.2. The Balaban J connectivity index is 1.41.